The number of thioether (sulfide) groups is 2. The van der Waals surface area contributed by atoms with Gasteiger partial charge in [-0.3, -0.25) is 28.8 Å². The number of hydrogen-bond donors (Lipinski definition) is 4. The highest BCUT2D eigenvalue weighted by molar-refractivity contribution is 8.05. The van der Waals surface area contributed by atoms with Crippen molar-refractivity contribution in [3.63, 3.8) is 0 Å². The third-order valence-corrected chi connectivity index (χ3v) is 15.2. The lowest BCUT2D eigenvalue weighted by atomic mass is 9.86. The Morgan fingerprint density at radius 3 is 1.41 bits per heavy atom. The van der Waals surface area contributed by atoms with Gasteiger partial charge in [-0.25, -0.2) is 0 Å². The number of hydrogen-bond acceptors (Lipinski definition) is 10. The Hall–Kier alpha value is -5.20. The number of amides is 2. The molecule has 4 aliphatic carbocycles. The van der Waals surface area contributed by atoms with Gasteiger partial charge < -0.3 is 21.3 Å². The predicted molar refractivity (Wildman–Crippen MR) is 243 cm³/mol. The van der Waals surface area contributed by atoms with Crippen LogP contribution in [0.1, 0.15) is 98.6 Å². The topological polar surface area (TPSA) is 151 Å². The SMILES string of the molecule is Cc1cc(Cc2cc(C)c(NC(=O)C(=O)[C@@H]3CCC4=C(S[C@@H]5C=CC=C[C@@H]5N4)C3=O)c(C(C)C)c2)cc(C(C)C)c1NC(=O)C(=O)[C@@H]1CCC2=C(S[C@H]3C=CC=C[C@@H]3N2)C1=O. The molecular weight excluding hydrogens is 805 g/mol. The van der Waals surface area contributed by atoms with E-state index in [1.54, 1.807) is 0 Å². The zero-order valence-corrected chi connectivity index (χ0v) is 37.0. The van der Waals surface area contributed by atoms with Crippen molar-refractivity contribution in [2.45, 2.75) is 108 Å². The third kappa shape index (κ3) is 8.41. The Labute approximate surface area is 365 Å². The van der Waals surface area contributed by atoms with E-state index in [9.17, 15) is 28.8 Å². The van der Waals surface area contributed by atoms with Gasteiger partial charge in [-0.1, -0.05) is 101 Å². The van der Waals surface area contributed by atoms with Gasteiger partial charge in [0.2, 0.25) is 11.6 Å². The van der Waals surface area contributed by atoms with Crippen molar-refractivity contribution in [3.8, 4) is 0 Å². The lowest BCUT2D eigenvalue weighted by Crippen LogP contribution is -2.45. The van der Waals surface area contributed by atoms with Crippen molar-refractivity contribution in [3.05, 3.63) is 127 Å². The summed E-state index contributed by atoms with van der Waals surface area (Å²) in [5, 5.41) is 12.8. The molecule has 0 bridgehead atoms. The molecule has 316 valence electrons. The van der Waals surface area contributed by atoms with E-state index < -0.39 is 35.2 Å². The molecule has 0 fully saturated rings. The molecule has 4 N–H and O–H groups in total. The number of Topliss-reactive ketones (excluding diaryl/α,β-unsaturated/α-hetero) is 4. The molecule has 8 rings (SSSR count). The highest BCUT2D eigenvalue weighted by Crippen LogP contribution is 2.43. The number of allylic oxidation sites excluding steroid dienone is 8. The summed E-state index contributed by atoms with van der Waals surface area (Å²) in [6, 6.07) is 8.32. The van der Waals surface area contributed by atoms with Crippen molar-refractivity contribution in [2.75, 3.05) is 10.6 Å². The van der Waals surface area contributed by atoms with Crippen molar-refractivity contribution in [1.82, 2.24) is 10.6 Å². The lowest BCUT2D eigenvalue weighted by Gasteiger charge is -2.36. The zero-order valence-electron chi connectivity index (χ0n) is 35.3. The maximum Gasteiger partial charge on any atom is 0.292 e. The van der Waals surface area contributed by atoms with Crippen LogP contribution in [0.15, 0.2) is 94.1 Å². The highest BCUT2D eigenvalue weighted by atomic mass is 32.2. The summed E-state index contributed by atoms with van der Waals surface area (Å²) in [7, 11) is 0. The van der Waals surface area contributed by atoms with E-state index in [1.807, 2.05) is 90.1 Å². The van der Waals surface area contributed by atoms with Crippen LogP contribution in [0.4, 0.5) is 11.4 Å². The predicted octanol–water partition coefficient (Wildman–Crippen LogP) is 7.94. The summed E-state index contributed by atoms with van der Waals surface area (Å²) < 4.78 is 0. The van der Waals surface area contributed by atoms with E-state index >= 15 is 0 Å². The van der Waals surface area contributed by atoms with Crippen molar-refractivity contribution < 1.29 is 28.8 Å². The fraction of sp³-hybridized carbons (Fsp3) is 0.388. The van der Waals surface area contributed by atoms with Crippen LogP contribution in [0.2, 0.25) is 0 Å². The Balaban J connectivity index is 0.952. The number of benzene rings is 2. The molecule has 2 aromatic carbocycles. The molecule has 6 aliphatic rings. The van der Waals surface area contributed by atoms with Gasteiger partial charge in [-0.2, -0.15) is 0 Å². The summed E-state index contributed by atoms with van der Waals surface area (Å²) in [6.45, 7) is 12.0. The first-order valence-corrected chi connectivity index (χ1v) is 23.0. The van der Waals surface area contributed by atoms with Crippen LogP contribution in [0, 0.1) is 25.7 Å². The summed E-state index contributed by atoms with van der Waals surface area (Å²) in [5.74, 6) is -5.59. The monoisotopic (exact) mass is 856 g/mol. The number of rotatable bonds is 10. The van der Waals surface area contributed by atoms with Crippen LogP contribution >= 0.6 is 23.5 Å². The molecule has 0 saturated carbocycles. The molecule has 2 amide bonds. The fourth-order valence-electron chi connectivity index (χ4n) is 9.19. The average molecular weight is 857 g/mol. The third-order valence-electron chi connectivity index (χ3n) is 12.4. The van der Waals surface area contributed by atoms with E-state index in [0.29, 0.717) is 40.4 Å². The minimum absolute atomic E-state index is 0.0106. The minimum Gasteiger partial charge on any atom is -0.380 e. The zero-order chi connectivity index (χ0) is 43.3. The number of anilines is 2. The van der Waals surface area contributed by atoms with Crippen LogP contribution in [-0.4, -0.2) is 57.5 Å². The minimum atomic E-state index is -1.02. The van der Waals surface area contributed by atoms with Gasteiger partial charge in [0, 0.05) is 22.8 Å². The van der Waals surface area contributed by atoms with Gasteiger partial charge in [-0.05, 0) is 91.2 Å². The maximum absolute atomic E-state index is 13.6. The number of carbonyl (C=O) groups is 6. The van der Waals surface area contributed by atoms with E-state index in [1.165, 1.54) is 23.5 Å². The standard InChI is InChI=1S/C49H52N4O6S2/c1-24(2)32-22-28(19-26(5)40(32)52-48(58)44(56)30-15-17-36-46(42(30)54)60-38-13-9-7-11-34(38)50-36)21-29-20-27(6)41(33(23-29)25(3)4)53-49(59)45(57)31-16-18-37-47(43(31)55)61-39-14-10-8-12-35(39)51-37/h7-14,19-20,22-25,30-31,34-35,38-39,50-51H,15-18,21H2,1-6H3,(H,52,58)(H,53,59)/t30-,31-,34+,35+,38-,39+/m1/s1. The first-order valence-electron chi connectivity index (χ1n) is 21.3. The maximum atomic E-state index is 13.6. The Morgan fingerprint density at radius 1 is 0.623 bits per heavy atom. The normalized spacial score (nSPS) is 25.0. The molecule has 0 spiro atoms. The van der Waals surface area contributed by atoms with Crippen LogP contribution < -0.4 is 21.3 Å². The van der Waals surface area contributed by atoms with Crippen molar-refractivity contribution in [1.29, 1.82) is 0 Å². The second-order valence-corrected chi connectivity index (χ2v) is 19.8. The van der Waals surface area contributed by atoms with Crippen LogP contribution in [0.3, 0.4) is 0 Å². The second-order valence-electron chi connectivity index (χ2n) is 17.4. The van der Waals surface area contributed by atoms with E-state index in [-0.39, 0.29) is 58.8 Å². The molecule has 61 heavy (non-hydrogen) atoms. The fourth-order valence-corrected chi connectivity index (χ4v) is 11.8. The van der Waals surface area contributed by atoms with Crippen molar-refractivity contribution >= 4 is 69.8 Å². The molecule has 0 radical (unpaired) electrons. The average Bonchev–Trinajstić information content (AvgIpc) is 3.23. The van der Waals surface area contributed by atoms with Crippen LogP contribution in [0.25, 0.3) is 0 Å². The van der Waals surface area contributed by atoms with Gasteiger partial charge in [0.05, 0.1) is 44.2 Å². The highest BCUT2D eigenvalue weighted by Gasteiger charge is 2.43. The molecular formula is C49H52N4O6S2. The number of carbonyl (C=O) groups excluding carboxylic acids is 6. The Bertz CT molecular complexity index is 2290. The van der Waals surface area contributed by atoms with Gasteiger partial charge in [0.15, 0.2) is 11.6 Å². The first-order chi connectivity index (χ1) is 29.2. The second kappa shape index (κ2) is 17.3. The smallest absolute Gasteiger partial charge is 0.292 e. The van der Waals surface area contributed by atoms with E-state index in [0.717, 1.165) is 44.8 Å². The Morgan fingerprint density at radius 2 is 1.02 bits per heavy atom. The molecule has 10 nitrogen and oxygen atoms in total. The van der Waals surface area contributed by atoms with Gasteiger partial charge in [0.1, 0.15) is 0 Å². The quantitative estimate of drug-likeness (QED) is 0.137. The number of nitrogens with one attached hydrogen (secondary N) is 4. The summed E-state index contributed by atoms with van der Waals surface area (Å²) in [6.07, 6.45) is 18.3. The number of ketones is 4. The largest absolute Gasteiger partial charge is 0.380 e. The first kappa shape index (κ1) is 42.5. The molecule has 6 atom stereocenters. The molecule has 2 aliphatic heterocycles. The van der Waals surface area contributed by atoms with Crippen LogP contribution in [0.5, 0.6) is 0 Å². The lowest BCUT2D eigenvalue weighted by molar-refractivity contribution is -0.141. The van der Waals surface area contributed by atoms with E-state index in [2.05, 4.69) is 45.6 Å². The molecule has 0 saturated heterocycles. The van der Waals surface area contributed by atoms with Crippen molar-refractivity contribution in [2.24, 2.45) is 11.8 Å². The summed E-state index contributed by atoms with van der Waals surface area (Å²) in [4.78, 5) is 82.8. The molecule has 0 aromatic heterocycles. The van der Waals surface area contributed by atoms with E-state index in [4.69, 9.17) is 0 Å². The van der Waals surface area contributed by atoms with Gasteiger partial charge in [-0.15, -0.1) is 23.5 Å². The van der Waals surface area contributed by atoms with Crippen LogP contribution in [-0.2, 0) is 35.2 Å². The molecule has 2 heterocycles. The van der Waals surface area contributed by atoms with Gasteiger partial charge in [0.25, 0.3) is 11.8 Å². The number of fused-ring (bicyclic) bond motifs is 2. The summed E-state index contributed by atoms with van der Waals surface area (Å²) in [5.41, 5.74) is 8.23. The molecule has 12 heteroatoms. The van der Waals surface area contributed by atoms with Gasteiger partial charge >= 0.3 is 0 Å². The molecule has 0 unspecified atom stereocenters. The number of aryl methyl sites for hydroxylation is 2. The summed E-state index contributed by atoms with van der Waals surface area (Å²) >= 11 is 2.94. The Kier molecular flexibility index (Phi) is 12.0. The molecule has 2 aromatic rings.